The maximum Gasteiger partial charge on any atom is 0.417 e. The zero-order valence-corrected chi connectivity index (χ0v) is 13.2. The molecule has 2 aromatic rings. The van der Waals surface area contributed by atoms with Crippen molar-refractivity contribution >= 4 is 16.6 Å². The van der Waals surface area contributed by atoms with Gasteiger partial charge in [-0.25, -0.2) is 4.98 Å². The smallest absolute Gasteiger partial charge is 0.417 e. The van der Waals surface area contributed by atoms with Gasteiger partial charge in [0.05, 0.1) is 17.2 Å². The highest BCUT2D eigenvalue weighted by Gasteiger charge is 2.34. The lowest BCUT2D eigenvalue weighted by molar-refractivity contribution is -0.136. The summed E-state index contributed by atoms with van der Waals surface area (Å²) in [5.41, 5.74) is 0.428. The van der Waals surface area contributed by atoms with Gasteiger partial charge in [0.2, 0.25) is 5.88 Å². The van der Waals surface area contributed by atoms with Gasteiger partial charge < -0.3 is 9.64 Å². The van der Waals surface area contributed by atoms with Crippen LogP contribution in [0, 0.1) is 0 Å². The van der Waals surface area contributed by atoms with E-state index in [1.54, 1.807) is 26.0 Å². The molecule has 0 amide bonds. The summed E-state index contributed by atoms with van der Waals surface area (Å²) in [7, 11) is 0. The van der Waals surface area contributed by atoms with E-state index in [2.05, 4.69) is 9.88 Å². The fourth-order valence-corrected chi connectivity index (χ4v) is 2.90. The zero-order chi connectivity index (χ0) is 16.6. The van der Waals surface area contributed by atoms with Gasteiger partial charge in [-0.3, -0.25) is 0 Å². The van der Waals surface area contributed by atoms with Crippen LogP contribution in [-0.4, -0.2) is 24.2 Å². The number of aromatic nitrogens is 1. The van der Waals surface area contributed by atoms with Crippen LogP contribution in [0.25, 0.3) is 10.9 Å². The maximum atomic E-state index is 13.4. The molecule has 0 atom stereocenters. The first-order valence-electron chi connectivity index (χ1n) is 7.78. The molecule has 2 heterocycles. The highest BCUT2D eigenvalue weighted by Crippen LogP contribution is 2.38. The third kappa shape index (κ3) is 3.35. The number of rotatable bonds is 3. The molecule has 1 aliphatic heterocycles. The van der Waals surface area contributed by atoms with Crippen molar-refractivity contribution in [3.63, 3.8) is 0 Å². The molecule has 0 bridgehead atoms. The van der Waals surface area contributed by atoms with E-state index in [-0.39, 0.29) is 17.4 Å². The Hall–Kier alpha value is -1.98. The molecule has 1 aromatic heterocycles. The molecule has 1 aliphatic rings. The molecular weight excluding hydrogens is 305 g/mol. The lowest BCUT2D eigenvalue weighted by Crippen LogP contribution is -2.17. The molecule has 0 N–H and O–H groups in total. The Labute approximate surface area is 133 Å². The molecule has 0 spiro atoms. The van der Waals surface area contributed by atoms with Gasteiger partial charge in [-0.2, -0.15) is 13.2 Å². The highest BCUT2D eigenvalue weighted by atomic mass is 19.4. The van der Waals surface area contributed by atoms with E-state index in [0.29, 0.717) is 5.52 Å². The average Bonchev–Trinajstić information content (AvgIpc) is 2.98. The van der Waals surface area contributed by atoms with Gasteiger partial charge in [0, 0.05) is 30.2 Å². The number of benzene rings is 1. The van der Waals surface area contributed by atoms with Crippen LogP contribution in [0.3, 0.4) is 0 Å². The summed E-state index contributed by atoms with van der Waals surface area (Å²) in [6.45, 7) is 5.29. The second-order valence-corrected chi connectivity index (χ2v) is 6.07. The fourth-order valence-electron chi connectivity index (χ4n) is 2.90. The lowest BCUT2D eigenvalue weighted by Gasteiger charge is -2.20. The second-order valence-electron chi connectivity index (χ2n) is 6.07. The summed E-state index contributed by atoms with van der Waals surface area (Å²) < 4.78 is 45.7. The van der Waals surface area contributed by atoms with E-state index in [0.717, 1.165) is 37.7 Å². The van der Waals surface area contributed by atoms with Gasteiger partial charge >= 0.3 is 6.18 Å². The van der Waals surface area contributed by atoms with Gasteiger partial charge in [-0.05, 0) is 44.9 Å². The minimum Gasteiger partial charge on any atom is -0.475 e. The molecule has 3 nitrogen and oxygen atoms in total. The number of halogens is 3. The van der Waals surface area contributed by atoms with Crippen molar-refractivity contribution in [3.8, 4) is 5.88 Å². The van der Waals surface area contributed by atoms with Crippen molar-refractivity contribution < 1.29 is 17.9 Å². The molecule has 1 saturated heterocycles. The number of anilines is 1. The Morgan fingerprint density at radius 3 is 2.43 bits per heavy atom. The van der Waals surface area contributed by atoms with Crippen LogP contribution < -0.4 is 9.64 Å². The number of fused-ring (bicyclic) bond motifs is 1. The van der Waals surface area contributed by atoms with Crippen molar-refractivity contribution in [1.82, 2.24) is 4.98 Å². The molecule has 0 radical (unpaired) electrons. The predicted molar refractivity (Wildman–Crippen MR) is 84.0 cm³/mol. The molecule has 0 aliphatic carbocycles. The van der Waals surface area contributed by atoms with Crippen LogP contribution in [-0.2, 0) is 6.18 Å². The Morgan fingerprint density at radius 1 is 1.13 bits per heavy atom. The second kappa shape index (κ2) is 5.91. The van der Waals surface area contributed by atoms with Crippen LogP contribution in [0.5, 0.6) is 5.88 Å². The van der Waals surface area contributed by atoms with Crippen LogP contribution in [0.2, 0.25) is 0 Å². The molecule has 124 valence electrons. The largest absolute Gasteiger partial charge is 0.475 e. The minimum atomic E-state index is -4.44. The lowest BCUT2D eigenvalue weighted by atomic mass is 10.1. The summed E-state index contributed by atoms with van der Waals surface area (Å²) in [4.78, 5) is 6.33. The Morgan fingerprint density at radius 2 is 1.83 bits per heavy atom. The number of hydrogen-bond acceptors (Lipinski definition) is 3. The molecule has 3 rings (SSSR count). The van der Waals surface area contributed by atoms with E-state index in [4.69, 9.17) is 4.74 Å². The van der Waals surface area contributed by atoms with Gasteiger partial charge in [0.15, 0.2) is 0 Å². The Bertz CT molecular complexity index is 707. The number of pyridine rings is 1. The minimum absolute atomic E-state index is 0.00810. The summed E-state index contributed by atoms with van der Waals surface area (Å²) in [5, 5.41) is 0.123. The maximum absolute atomic E-state index is 13.4. The SMILES string of the molecule is CC(C)Oc1cc(C(F)(F)F)c2cc(N3CCCC3)ccc2n1. The Balaban J connectivity index is 2.13. The third-order valence-corrected chi connectivity index (χ3v) is 3.90. The molecule has 1 aromatic carbocycles. The normalized spacial score (nSPS) is 15.7. The zero-order valence-electron chi connectivity index (χ0n) is 13.2. The molecular formula is C17H19F3N2O. The quantitative estimate of drug-likeness (QED) is 0.822. The van der Waals surface area contributed by atoms with E-state index in [1.807, 2.05) is 6.07 Å². The van der Waals surface area contributed by atoms with Crippen LogP contribution in [0.15, 0.2) is 24.3 Å². The topological polar surface area (TPSA) is 25.4 Å². The summed E-state index contributed by atoms with van der Waals surface area (Å²) in [6.07, 6.45) is -2.53. The predicted octanol–water partition coefficient (Wildman–Crippen LogP) is 4.64. The first kappa shape index (κ1) is 15.9. The van der Waals surface area contributed by atoms with Crippen molar-refractivity contribution in [3.05, 3.63) is 29.8 Å². The van der Waals surface area contributed by atoms with Crippen LogP contribution in [0.4, 0.5) is 18.9 Å². The standard InChI is InChI=1S/C17H19F3N2O/c1-11(2)23-16-10-14(17(18,19)20)13-9-12(5-6-15(13)21-16)22-7-3-4-8-22/h5-6,9-11H,3-4,7-8H2,1-2H3. The van der Waals surface area contributed by atoms with Crippen molar-refractivity contribution in [2.75, 3.05) is 18.0 Å². The van der Waals surface area contributed by atoms with Gasteiger partial charge in [-0.1, -0.05) is 0 Å². The van der Waals surface area contributed by atoms with Crippen molar-refractivity contribution in [1.29, 1.82) is 0 Å². The number of ether oxygens (including phenoxy) is 1. The van der Waals surface area contributed by atoms with Crippen molar-refractivity contribution in [2.45, 2.75) is 39.0 Å². The third-order valence-electron chi connectivity index (χ3n) is 3.90. The summed E-state index contributed by atoms with van der Waals surface area (Å²) >= 11 is 0. The van der Waals surface area contributed by atoms with E-state index >= 15 is 0 Å². The average molecular weight is 324 g/mol. The number of nitrogens with zero attached hydrogens (tertiary/aromatic N) is 2. The molecule has 23 heavy (non-hydrogen) atoms. The van der Waals surface area contributed by atoms with E-state index < -0.39 is 11.7 Å². The van der Waals surface area contributed by atoms with E-state index in [9.17, 15) is 13.2 Å². The molecule has 6 heteroatoms. The van der Waals surface area contributed by atoms with Gasteiger partial charge in [-0.15, -0.1) is 0 Å². The highest BCUT2D eigenvalue weighted by molar-refractivity contribution is 5.87. The van der Waals surface area contributed by atoms with E-state index in [1.165, 1.54) is 0 Å². The van der Waals surface area contributed by atoms with Crippen molar-refractivity contribution in [2.24, 2.45) is 0 Å². The first-order valence-corrected chi connectivity index (χ1v) is 7.78. The van der Waals surface area contributed by atoms with Gasteiger partial charge in [0.1, 0.15) is 0 Å². The fraction of sp³-hybridized carbons (Fsp3) is 0.471. The number of hydrogen-bond donors (Lipinski definition) is 0. The Kier molecular flexibility index (Phi) is 4.08. The monoisotopic (exact) mass is 324 g/mol. The van der Waals surface area contributed by atoms with Crippen LogP contribution in [0.1, 0.15) is 32.3 Å². The number of alkyl halides is 3. The molecule has 1 fully saturated rings. The van der Waals surface area contributed by atoms with Crippen LogP contribution >= 0.6 is 0 Å². The molecule has 0 unspecified atom stereocenters. The van der Waals surface area contributed by atoms with Gasteiger partial charge in [0.25, 0.3) is 0 Å². The molecule has 0 saturated carbocycles. The summed E-state index contributed by atoms with van der Waals surface area (Å²) in [6, 6.07) is 6.07. The first-order chi connectivity index (χ1) is 10.8. The summed E-state index contributed by atoms with van der Waals surface area (Å²) in [5.74, 6) is 0.00810.